The van der Waals surface area contributed by atoms with E-state index in [1.807, 2.05) is 50.2 Å². The molecule has 4 heteroatoms. The van der Waals surface area contributed by atoms with Gasteiger partial charge >= 0.3 is 0 Å². The Morgan fingerprint density at radius 3 is 2.48 bits per heavy atom. The third-order valence-corrected chi connectivity index (χ3v) is 3.55. The van der Waals surface area contributed by atoms with Crippen molar-refractivity contribution < 1.29 is 9.53 Å². The van der Waals surface area contributed by atoms with Gasteiger partial charge in [-0.3, -0.25) is 4.79 Å². The molecule has 2 aromatic carbocycles. The smallest absolute Gasteiger partial charge is 0.238 e. The number of aryl methyl sites for hydroxylation is 2. The molecule has 0 aromatic heterocycles. The van der Waals surface area contributed by atoms with Crippen molar-refractivity contribution in [2.24, 2.45) is 0 Å². The maximum Gasteiger partial charge on any atom is 0.238 e. The summed E-state index contributed by atoms with van der Waals surface area (Å²) >= 11 is 0. The van der Waals surface area contributed by atoms with E-state index in [1.165, 1.54) is 0 Å². The molecule has 0 unspecified atom stereocenters. The first kappa shape index (κ1) is 17.0. The molecule has 0 saturated carbocycles. The van der Waals surface area contributed by atoms with Gasteiger partial charge in [-0.25, -0.2) is 0 Å². The van der Waals surface area contributed by atoms with Crippen LogP contribution in [0.4, 0.5) is 5.69 Å². The number of amides is 1. The number of carbonyl (C=O) groups is 1. The highest BCUT2D eigenvalue weighted by Gasteiger charge is 2.04. The van der Waals surface area contributed by atoms with Gasteiger partial charge < -0.3 is 15.4 Å². The summed E-state index contributed by atoms with van der Waals surface area (Å²) in [5.41, 5.74) is 4.27. The summed E-state index contributed by atoms with van der Waals surface area (Å²) in [7, 11) is 1.67. The van der Waals surface area contributed by atoms with E-state index in [-0.39, 0.29) is 5.91 Å². The summed E-state index contributed by atoms with van der Waals surface area (Å²) in [5.74, 6) is 0.851. The number of anilines is 1. The first-order chi connectivity index (χ1) is 11.1. The van der Waals surface area contributed by atoms with Crippen molar-refractivity contribution in [2.75, 3.05) is 25.5 Å². The predicted octanol–water partition coefficient (Wildman–Crippen LogP) is 3.08. The molecule has 0 aliphatic rings. The molecule has 0 bridgehead atoms. The highest BCUT2D eigenvalue weighted by Crippen LogP contribution is 2.17. The van der Waals surface area contributed by atoms with Gasteiger partial charge in [0.05, 0.1) is 13.7 Å². The topological polar surface area (TPSA) is 50.4 Å². The Hall–Kier alpha value is -2.33. The van der Waals surface area contributed by atoms with Gasteiger partial charge in [-0.05, 0) is 61.7 Å². The third-order valence-electron chi connectivity index (χ3n) is 3.55. The van der Waals surface area contributed by atoms with E-state index < -0.39 is 0 Å². The lowest BCUT2D eigenvalue weighted by Crippen LogP contribution is -2.29. The molecule has 0 spiro atoms. The number of nitrogens with one attached hydrogen (secondary N) is 2. The maximum atomic E-state index is 12.0. The molecule has 0 aliphatic carbocycles. The van der Waals surface area contributed by atoms with Gasteiger partial charge in [0.1, 0.15) is 5.75 Å². The van der Waals surface area contributed by atoms with Gasteiger partial charge in [0.15, 0.2) is 0 Å². The Balaban J connectivity index is 1.76. The van der Waals surface area contributed by atoms with E-state index in [2.05, 4.69) is 16.7 Å². The molecule has 2 aromatic rings. The SMILES string of the molecule is COc1ccccc1CCNCC(=O)Nc1cc(C)cc(C)c1. The summed E-state index contributed by atoms with van der Waals surface area (Å²) < 4.78 is 5.32. The molecule has 23 heavy (non-hydrogen) atoms. The summed E-state index contributed by atoms with van der Waals surface area (Å²) in [5, 5.41) is 6.09. The number of methoxy groups -OCH3 is 1. The van der Waals surface area contributed by atoms with Crippen LogP contribution in [-0.4, -0.2) is 26.1 Å². The average Bonchev–Trinajstić information content (AvgIpc) is 2.51. The average molecular weight is 312 g/mol. The van der Waals surface area contributed by atoms with Gasteiger partial charge in [0, 0.05) is 5.69 Å². The minimum atomic E-state index is -0.0324. The van der Waals surface area contributed by atoms with Crippen molar-refractivity contribution in [2.45, 2.75) is 20.3 Å². The first-order valence-corrected chi connectivity index (χ1v) is 7.79. The molecule has 0 atom stereocenters. The van der Waals surface area contributed by atoms with Crippen molar-refractivity contribution >= 4 is 11.6 Å². The second kappa shape index (κ2) is 8.34. The van der Waals surface area contributed by atoms with Crippen LogP contribution < -0.4 is 15.4 Å². The van der Waals surface area contributed by atoms with Crippen LogP contribution in [0.2, 0.25) is 0 Å². The normalized spacial score (nSPS) is 10.4. The molecule has 2 N–H and O–H groups in total. The Kier molecular flexibility index (Phi) is 6.18. The molecule has 0 radical (unpaired) electrons. The molecule has 0 aliphatic heterocycles. The van der Waals surface area contributed by atoms with Crippen LogP contribution in [0.25, 0.3) is 0 Å². The molecule has 0 saturated heterocycles. The molecule has 1 amide bonds. The fraction of sp³-hybridized carbons (Fsp3) is 0.316. The van der Waals surface area contributed by atoms with Crippen LogP contribution in [0.5, 0.6) is 5.75 Å². The second-order valence-electron chi connectivity index (χ2n) is 5.66. The Morgan fingerprint density at radius 1 is 1.09 bits per heavy atom. The van der Waals surface area contributed by atoms with E-state index in [4.69, 9.17) is 4.74 Å². The quantitative estimate of drug-likeness (QED) is 0.773. The number of hydrogen-bond donors (Lipinski definition) is 2. The largest absolute Gasteiger partial charge is 0.496 e. The molecule has 0 heterocycles. The summed E-state index contributed by atoms with van der Waals surface area (Å²) in [6.45, 7) is 5.06. The van der Waals surface area contributed by atoms with Gasteiger partial charge in [-0.2, -0.15) is 0 Å². The summed E-state index contributed by atoms with van der Waals surface area (Å²) in [6.07, 6.45) is 0.820. The first-order valence-electron chi connectivity index (χ1n) is 7.79. The minimum absolute atomic E-state index is 0.0324. The lowest BCUT2D eigenvalue weighted by Gasteiger charge is -2.10. The van der Waals surface area contributed by atoms with E-state index in [0.29, 0.717) is 6.54 Å². The minimum Gasteiger partial charge on any atom is -0.496 e. The predicted molar refractivity (Wildman–Crippen MR) is 94.1 cm³/mol. The van der Waals surface area contributed by atoms with Crippen LogP contribution in [0.15, 0.2) is 42.5 Å². The third kappa shape index (κ3) is 5.42. The molecule has 0 fully saturated rings. The van der Waals surface area contributed by atoms with E-state index in [9.17, 15) is 4.79 Å². The van der Waals surface area contributed by atoms with Crippen LogP contribution in [0.3, 0.4) is 0 Å². The lowest BCUT2D eigenvalue weighted by atomic mass is 10.1. The zero-order valence-electron chi connectivity index (χ0n) is 14.0. The van der Waals surface area contributed by atoms with Crippen molar-refractivity contribution in [1.29, 1.82) is 0 Å². The van der Waals surface area contributed by atoms with Crippen molar-refractivity contribution in [3.63, 3.8) is 0 Å². The highest BCUT2D eigenvalue weighted by atomic mass is 16.5. The number of ether oxygens (including phenoxy) is 1. The number of benzene rings is 2. The van der Waals surface area contributed by atoms with E-state index >= 15 is 0 Å². The molecular weight excluding hydrogens is 288 g/mol. The highest BCUT2D eigenvalue weighted by molar-refractivity contribution is 5.92. The number of hydrogen-bond acceptors (Lipinski definition) is 3. The van der Waals surface area contributed by atoms with Crippen molar-refractivity contribution in [3.05, 3.63) is 59.2 Å². The lowest BCUT2D eigenvalue weighted by molar-refractivity contribution is -0.115. The number of rotatable bonds is 7. The Bertz CT molecular complexity index is 648. The van der Waals surface area contributed by atoms with E-state index in [0.717, 1.165) is 41.1 Å². The fourth-order valence-electron chi connectivity index (χ4n) is 2.59. The van der Waals surface area contributed by atoms with Crippen molar-refractivity contribution in [1.82, 2.24) is 5.32 Å². The second-order valence-corrected chi connectivity index (χ2v) is 5.66. The van der Waals surface area contributed by atoms with Gasteiger partial charge in [0.25, 0.3) is 0 Å². The Labute approximate surface area is 137 Å². The van der Waals surface area contributed by atoms with Crippen LogP contribution >= 0.6 is 0 Å². The maximum absolute atomic E-state index is 12.0. The van der Waals surface area contributed by atoms with Crippen LogP contribution in [-0.2, 0) is 11.2 Å². The van der Waals surface area contributed by atoms with Crippen molar-refractivity contribution in [3.8, 4) is 5.75 Å². The number of carbonyl (C=O) groups excluding carboxylic acids is 1. The molecule has 4 nitrogen and oxygen atoms in total. The standard InChI is InChI=1S/C19H24N2O2/c1-14-10-15(2)12-17(11-14)21-19(22)13-20-9-8-16-6-4-5-7-18(16)23-3/h4-7,10-12,20H,8-9,13H2,1-3H3,(H,21,22). The molecule has 2 rings (SSSR count). The fourth-order valence-corrected chi connectivity index (χ4v) is 2.59. The Morgan fingerprint density at radius 2 is 1.78 bits per heavy atom. The summed E-state index contributed by atoms with van der Waals surface area (Å²) in [4.78, 5) is 12.0. The van der Waals surface area contributed by atoms with Gasteiger partial charge in [-0.1, -0.05) is 24.3 Å². The number of para-hydroxylation sites is 1. The van der Waals surface area contributed by atoms with E-state index in [1.54, 1.807) is 7.11 Å². The van der Waals surface area contributed by atoms with Gasteiger partial charge in [0.2, 0.25) is 5.91 Å². The van der Waals surface area contributed by atoms with Gasteiger partial charge in [-0.15, -0.1) is 0 Å². The zero-order chi connectivity index (χ0) is 16.7. The van der Waals surface area contributed by atoms with Crippen LogP contribution in [0, 0.1) is 13.8 Å². The summed E-state index contributed by atoms with van der Waals surface area (Å²) in [6, 6.07) is 14.0. The molecular formula is C19H24N2O2. The van der Waals surface area contributed by atoms with Crippen LogP contribution in [0.1, 0.15) is 16.7 Å². The monoisotopic (exact) mass is 312 g/mol. The molecule has 122 valence electrons. The zero-order valence-corrected chi connectivity index (χ0v) is 14.0.